The van der Waals surface area contributed by atoms with Gasteiger partial charge in [-0.1, -0.05) is 23.8 Å². The Labute approximate surface area is 117 Å². The summed E-state index contributed by atoms with van der Waals surface area (Å²) in [5.74, 6) is -0.220. The van der Waals surface area contributed by atoms with Crippen LogP contribution in [0.15, 0.2) is 35.9 Å². The lowest BCUT2D eigenvalue weighted by molar-refractivity contribution is -0.118. The Kier molecular flexibility index (Phi) is 3.22. The van der Waals surface area contributed by atoms with E-state index in [2.05, 4.69) is 0 Å². The van der Waals surface area contributed by atoms with Gasteiger partial charge in [0.05, 0.1) is 17.7 Å². The van der Waals surface area contributed by atoms with Crippen molar-refractivity contribution in [1.29, 1.82) is 0 Å². The van der Waals surface area contributed by atoms with Gasteiger partial charge in [0.15, 0.2) is 0 Å². The smallest absolute Gasteiger partial charge is 0.261 e. The number of imide groups is 1. The minimum absolute atomic E-state index is 0.234. The first-order chi connectivity index (χ1) is 9.66. The summed E-state index contributed by atoms with van der Waals surface area (Å²) < 4.78 is 0. The van der Waals surface area contributed by atoms with Crippen LogP contribution in [0.3, 0.4) is 0 Å². The van der Waals surface area contributed by atoms with Crippen LogP contribution < -0.4 is 0 Å². The van der Waals surface area contributed by atoms with E-state index in [-0.39, 0.29) is 17.6 Å². The van der Waals surface area contributed by atoms with Crippen LogP contribution in [0.1, 0.15) is 46.4 Å². The van der Waals surface area contributed by atoms with Crippen molar-refractivity contribution >= 4 is 17.6 Å². The Hall–Kier alpha value is -2.23. The molecule has 1 aliphatic carbocycles. The van der Waals surface area contributed by atoms with Crippen LogP contribution in [0.25, 0.3) is 0 Å². The van der Waals surface area contributed by atoms with Gasteiger partial charge in [-0.05, 0) is 25.0 Å². The number of Topliss-reactive ketones (excluding diaryl/α,β-unsaturated/α-hetero) is 1. The number of nitrogens with zero attached hydrogens (tertiary/aromatic N) is 1. The van der Waals surface area contributed by atoms with Gasteiger partial charge in [-0.15, -0.1) is 0 Å². The number of benzene rings is 1. The highest BCUT2D eigenvalue weighted by atomic mass is 16.2. The van der Waals surface area contributed by atoms with Crippen LogP contribution in [-0.2, 0) is 4.79 Å². The molecule has 0 spiro atoms. The molecule has 0 atom stereocenters. The highest BCUT2D eigenvalue weighted by molar-refractivity contribution is 6.21. The molecule has 0 fully saturated rings. The van der Waals surface area contributed by atoms with Crippen LogP contribution >= 0.6 is 0 Å². The van der Waals surface area contributed by atoms with E-state index in [0.717, 1.165) is 5.57 Å². The average molecular weight is 269 g/mol. The summed E-state index contributed by atoms with van der Waals surface area (Å²) in [6, 6.07) is 6.88. The summed E-state index contributed by atoms with van der Waals surface area (Å²) >= 11 is 0. The topological polar surface area (TPSA) is 54.5 Å². The molecule has 1 aliphatic heterocycles. The third kappa shape index (κ3) is 2.18. The monoisotopic (exact) mass is 269 g/mol. The van der Waals surface area contributed by atoms with E-state index in [1.54, 1.807) is 24.3 Å². The summed E-state index contributed by atoms with van der Waals surface area (Å²) in [4.78, 5) is 37.2. The summed E-state index contributed by atoms with van der Waals surface area (Å²) in [5.41, 5.74) is 1.95. The van der Waals surface area contributed by atoms with E-state index in [1.165, 1.54) is 4.90 Å². The first kappa shape index (κ1) is 12.8. The quantitative estimate of drug-likeness (QED) is 0.611. The molecule has 4 heteroatoms. The van der Waals surface area contributed by atoms with Crippen LogP contribution in [0.4, 0.5) is 0 Å². The lowest BCUT2D eigenvalue weighted by Gasteiger charge is -2.15. The average Bonchev–Trinajstić information content (AvgIpc) is 2.61. The molecule has 4 nitrogen and oxygen atoms in total. The van der Waals surface area contributed by atoms with E-state index < -0.39 is 0 Å². The van der Waals surface area contributed by atoms with Crippen molar-refractivity contribution in [3.05, 3.63) is 47.0 Å². The Bertz CT molecular complexity index is 595. The molecule has 0 saturated heterocycles. The molecular formula is C16H15NO3. The van der Waals surface area contributed by atoms with E-state index >= 15 is 0 Å². The minimum atomic E-state index is -0.234. The zero-order valence-corrected chi connectivity index (χ0v) is 11.1. The van der Waals surface area contributed by atoms with Crippen molar-refractivity contribution in [2.24, 2.45) is 0 Å². The lowest BCUT2D eigenvalue weighted by Crippen LogP contribution is -2.31. The van der Waals surface area contributed by atoms with Crippen molar-refractivity contribution in [2.45, 2.75) is 25.7 Å². The Morgan fingerprint density at radius 2 is 1.55 bits per heavy atom. The third-order valence-electron chi connectivity index (χ3n) is 3.82. The minimum Gasteiger partial charge on any atom is -0.300 e. The Morgan fingerprint density at radius 3 is 2.20 bits per heavy atom. The molecule has 2 amide bonds. The second kappa shape index (κ2) is 5.04. The molecule has 1 aromatic rings. The van der Waals surface area contributed by atoms with Crippen molar-refractivity contribution in [1.82, 2.24) is 4.90 Å². The standard InChI is InChI=1S/C16H15NO3/c18-12-5-3-4-11(8-9-12)10-17-15(19)13-6-1-2-7-14(13)16(17)20/h1-2,4,6-7H,3,5,8-10H2. The van der Waals surface area contributed by atoms with Gasteiger partial charge >= 0.3 is 0 Å². The number of carbonyl (C=O) groups excluding carboxylic acids is 3. The largest absolute Gasteiger partial charge is 0.300 e. The van der Waals surface area contributed by atoms with Crippen molar-refractivity contribution in [2.75, 3.05) is 6.54 Å². The second-order valence-electron chi connectivity index (χ2n) is 5.18. The van der Waals surface area contributed by atoms with E-state index in [0.29, 0.717) is 43.4 Å². The molecule has 0 N–H and O–H groups in total. The van der Waals surface area contributed by atoms with Gasteiger partial charge in [0.1, 0.15) is 5.78 Å². The predicted molar refractivity (Wildman–Crippen MR) is 73.4 cm³/mol. The maximum absolute atomic E-state index is 12.2. The van der Waals surface area contributed by atoms with Gasteiger partial charge in [-0.25, -0.2) is 0 Å². The number of rotatable bonds is 2. The van der Waals surface area contributed by atoms with Gasteiger partial charge in [-0.2, -0.15) is 0 Å². The number of ketones is 1. The molecule has 0 unspecified atom stereocenters. The molecule has 3 rings (SSSR count). The maximum Gasteiger partial charge on any atom is 0.261 e. The highest BCUT2D eigenvalue weighted by Gasteiger charge is 2.35. The Morgan fingerprint density at radius 1 is 0.900 bits per heavy atom. The van der Waals surface area contributed by atoms with Gasteiger partial charge in [0, 0.05) is 12.8 Å². The van der Waals surface area contributed by atoms with Gasteiger partial charge in [-0.3, -0.25) is 19.3 Å². The molecule has 102 valence electrons. The van der Waals surface area contributed by atoms with Crippen LogP contribution in [0, 0.1) is 0 Å². The first-order valence-electron chi connectivity index (χ1n) is 6.81. The third-order valence-corrected chi connectivity index (χ3v) is 3.82. The molecule has 0 saturated carbocycles. The molecular weight excluding hydrogens is 254 g/mol. The van der Waals surface area contributed by atoms with Crippen molar-refractivity contribution in [3.63, 3.8) is 0 Å². The molecule has 0 bridgehead atoms. The number of allylic oxidation sites excluding steroid dienone is 1. The zero-order chi connectivity index (χ0) is 14.1. The van der Waals surface area contributed by atoms with E-state index in [4.69, 9.17) is 0 Å². The van der Waals surface area contributed by atoms with Crippen LogP contribution in [0.5, 0.6) is 0 Å². The van der Waals surface area contributed by atoms with Gasteiger partial charge in [0.2, 0.25) is 0 Å². The molecule has 0 aromatic heterocycles. The van der Waals surface area contributed by atoms with Gasteiger partial charge < -0.3 is 0 Å². The van der Waals surface area contributed by atoms with Crippen LogP contribution in [-0.4, -0.2) is 29.0 Å². The predicted octanol–water partition coefficient (Wildman–Crippen LogP) is 2.35. The summed E-state index contributed by atoms with van der Waals surface area (Å²) in [5, 5.41) is 0. The summed E-state index contributed by atoms with van der Waals surface area (Å²) in [7, 11) is 0. The SMILES string of the molecule is O=C1CCC=C(CN2C(=O)c3ccccc3C2=O)CC1. The normalized spacial score (nSPS) is 18.9. The van der Waals surface area contributed by atoms with E-state index in [1.807, 2.05) is 6.08 Å². The molecule has 1 heterocycles. The number of hydrogen-bond donors (Lipinski definition) is 0. The molecule has 2 aliphatic rings. The highest BCUT2D eigenvalue weighted by Crippen LogP contribution is 2.25. The van der Waals surface area contributed by atoms with Crippen molar-refractivity contribution in [3.8, 4) is 0 Å². The van der Waals surface area contributed by atoms with Crippen LogP contribution in [0.2, 0.25) is 0 Å². The summed E-state index contributed by atoms with van der Waals surface area (Å²) in [6.45, 7) is 0.305. The zero-order valence-electron chi connectivity index (χ0n) is 11.1. The molecule has 1 aromatic carbocycles. The summed E-state index contributed by atoms with van der Waals surface area (Å²) in [6.07, 6.45) is 4.42. The lowest BCUT2D eigenvalue weighted by atomic mass is 10.1. The van der Waals surface area contributed by atoms with E-state index in [9.17, 15) is 14.4 Å². The fourth-order valence-electron chi connectivity index (χ4n) is 2.69. The maximum atomic E-state index is 12.2. The number of carbonyl (C=O) groups is 3. The van der Waals surface area contributed by atoms with Crippen molar-refractivity contribution < 1.29 is 14.4 Å². The number of hydrogen-bond acceptors (Lipinski definition) is 3. The first-order valence-corrected chi connectivity index (χ1v) is 6.81. The Balaban J connectivity index is 1.80. The number of amides is 2. The molecule has 20 heavy (non-hydrogen) atoms. The fourth-order valence-corrected chi connectivity index (χ4v) is 2.69. The second-order valence-corrected chi connectivity index (χ2v) is 5.18. The van der Waals surface area contributed by atoms with Gasteiger partial charge in [0.25, 0.3) is 11.8 Å². The fraction of sp³-hybridized carbons (Fsp3) is 0.312. The number of fused-ring (bicyclic) bond motifs is 1. The molecule has 0 radical (unpaired) electrons.